The summed E-state index contributed by atoms with van der Waals surface area (Å²) >= 11 is 0. The average Bonchev–Trinajstić information content (AvgIpc) is 2.45. The number of hydrogen-bond acceptors (Lipinski definition) is 2. The number of hydrogen-bond donors (Lipinski definition) is 0. The van der Waals surface area contributed by atoms with E-state index in [9.17, 15) is 4.79 Å². The van der Waals surface area contributed by atoms with Gasteiger partial charge in [-0.3, -0.25) is 4.79 Å². The largest absolute Gasteiger partial charge is 0.466 e. The molecule has 2 aliphatic carbocycles. The van der Waals surface area contributed by atoms with Crippen molar-refractivity contribution >= 4 is 16.7 Å². The molecule has 2 heteroatoms. The minimum absolute atomic E-state index is 0.00168. The molecule has 2 unspecified atom stereocenters. The molecule has 2 aromatic rings. The molecule has 0 bridgehead atoms. The van der Waals surface area contributed by atoms with Gasteiger partial charge in [0.25, 0.3) is 0 Å². The molecule has 0 amide bonds. The quantitative estimate of drug-likeness (QED) is 0.768. The maximum absolute atomic E-state index is 12.3. The second-order valence-corrected chi connectivity index (χ2v) is 6.86. The van der Waals surface area contributed by atoms with Crippen LogP contribution in [0.25, 0.3) is 10.8 Å². The van der Waals surface area contributed by atoms with Gasteiger partial charge in [-0.1, -0.05) is 48.9 Å². The normalized spacial score (nSPS) is 25.5. The fourth-order valence-corrected chi connectivity index (χ4v) is 4.55. The Morgan fingerprint density at radius 1 is 1.18 bits per heavy atom. The monoisotopic (exact) mass is 294 g/mol. The molecule has 2 aliphatic rings. The van der Waals surface area contributed by atoms with Gasteiger partial charge in [0.15, 0.2) is 0 Å². The lowest BCUT2D eigenvalue weighted by atomic mass is 9.44. The van der Waals surface area contributed by atoms with Crippen molar-refractivity contribution in [2.45, 2.75) is 38.5 Å². The minimum Gasteiger partial charge on any atom is -0.466 e. The third kappa shape index (κ3) is 1.97. The Bertz CT molecular complexity index is 714. The molecular weight excluding hydrogens is 272 g/mol. The van der Waals surface area contributed by atoms with Crippen LogP contribution >= 0.6 is 0 Å². The summed E-state index contributed by atoms with van der Waals surface area (Å²) in [7, 11) is 0. The zero-order valence-electron chi connectivity index (χ0n) is 13.0. The van der Waals surface area contributed by atoms with Gasteiger partial charge >= 0.3 is 5.97 Å². The molecule has 0 aliphatic heterocycles. The van der Waals surface area contributed by atoms with Crippen molar-refractivity contribution in [1.82, 2.24) is 0 Å². The van der Waals surface area contributed by atoms with E-state index in [1.165, 1.54) is 35.6 Å². The van der Waals surface area contributed by atoms with Crippen LogP contribution in [-0.2, 0) is 9.53 Å². The van der Waals surface area contributed by atoms with Crippen molar-refractivity contribution in [3.63, 3.8) is 0 Å². The highest BCUT2D eigenvalue weighted by molar-refractivity contribution is 5.84. The average molecular weight is 294 g/mol. The topological polar surface area (TPSA) is 26.3 Å². The summed E-state index contributed by atoms with van der Waals surface area (Å²) in [6.45, 7) is 2.37. The predicted molar refractivity (Wildman–Crippen MR) is 87.7 cm³/mol. The Hall–Kier alpha value is -1.83. The number of ether oxygens (including phenoxy) is 1. The van der Waals surface area contributed by atoms with Crippen LogP contribution in [0.5, 0.6) is 0 Å². The molecule has 0 N–H and O–H groups in total. The second-order valence-electron chi connectivity index (χ2n) is 6.86. The number of carbonyl (C=O) groups excluding carboxylic acids is 1. The van der Waals surface area contributed by atoms with Crippen LogP contribution in [0, 0.1) is 11.3 Å². The van der Waals surface area contributed by atoms with Crippen molar-refractivity contribution in [2.24, 2.45) is 11.3 Å². The summed E-state index contributed by atoms with van der Waals surface area (Å²) < 4.78 is 5.31. The Morgan fingerprint density at radius 3 is 2.64 bits per heavy atom. The number of carbonyl (C=O) groups is 1. The van der Waals surface area contributed by atoms with Crippen LogP contribution < -0.4 is 0 Å². The second kappa shape index (κ2) is 5.12. The lowest BCUT2D eigenvalue weighted by Gasteiger charge is -2.60. The van der Waals surface area contributed by atoms with Gasteiger partial charge in [-0.2, -0.15) is 0 Å². The number of esters is 1. The number of rotatable bonds is 3. The van der Waals surface area contributed by atoms with Gasteiger partial charge in [-0.05, 0) is 47.9 Å². The highest BCUT2D eigenvalue weighted by Gasteiger charge is 2.59. The van der Waals surface area contributed by atoms with E-state index in [-0.39, 0.29) is 11.9 Å². The van der Waals surface area contributed by atoms with E-state index in [1.807, 2.05) is 6.92 Å². The molecule has 2 atom stereocenters. The van der Waals surface area contributed by atoms with Crippen molar-refractivity contribution in [1.29, 1.82) is 0 Å². The molecular formula is C20H22O2. The molecule has 114 valence electrons. The summed E-state index contributed by atoms with van der Waals surface area (Å²) in [5.74, 6) is 0.407. The Balaban J connectivity index is 1.70. The molecule has 0 aromatic heterocycles. The van der Waals surface area contributed by atoms with Gasteiger partial charge in [-0.15, -0.1) is 0 Å². The number of fused-ring (bicyclic) bond motifs is 1. The number of benzene rings is 2. The first-order valence-corrected chi connectivity index (χ1v) is 8.39. The molecule has 2 fully saturated rings. The van der Waals surface area contributed by atoms with E-state index in [1.54, 1.807) is 0 Å². The van der Waals surface area contributed by atoms with E-state index in [4.69, 9.17) is 4.74 Å². The molecule has 0 saturated heterocycles. The maximum Gasteiger partial charge on any atom is 0.309 e. The van der Waals surface area contributed by atoms with Gasteiger partial charge in [0.05, 0.1) is 12.5 Å². The molecule has 4 rings (SSSR count). The van der Waals surface area contributed by atoms with Gasteiger partial charge < -0.3 is 4.74 Å². The SMILES string of the molecule is CCOC(=O)C1CC2(CCC2)C1c1ccc2ccccc2c1. The summed E-state index contributed by atoms with van der Waals surface area (Å²) in [6, 6.07) is 15.1. The Labute approximate surface area is 131 Å². The molecule has 22 heavy (non-hydrogen) atoms. The molecule has 2 nitrogen and oxygen atoms in total. The van der Waals surface area contributed by atoms with Crippen molar-refractivity contribution in [2.75, 3.05) is 6.61 Å². The van der Waals surface area contributed by atoms with Crippen LogP contribution in [-0.4, -0.2) is 12.6 Å². The van der Waals surface area contributed by atoms with Gasteiger partial charge in [-0.25, -0.2) is 0 Å². The molecule has 1 spiro atoms. The van der Waals surface area contributed by atoms with Gasteiger partial charge in [0.2, 0.25) is 0 Å². The molecule has 2 aromatic carbocycles. The van der Waals surface area contributed by atoms with Gasteiger partial charge in [0, 0.05) is 5.92 Å². The van der Waals surface area contributed by atoms with Crippen LogP contribution in [0.3, 0.4) is 0 Å². The molecule has 0 radical (unpaired) electrons. The summed E-state index contributed by atoms with van der Waals surface area (Å²) in [6.07, 6.45) is 4.85. The Kier molecular flexibility index (Phi) is 3.21. The van der Waals surface area contributed by atoms with E-state index < -0.39 is 0 Å². The third-order valence-electron chi connectivity index (χ3n) is 5.76. The molecule has 2 saturated carbocycles. The predicted octanol–water partition coefficient (Wildman–Crippen LogP) is 4.68. The fourth-order valence-electron chi connectivity index (χ4n) is 4.55. The first-order chi connectivity index (χ1) is 10.7. The lowest BCUT2D eigenvalue weighted by molar-refractivity contribution is -0.165. The van der Waals surface area contributed by atoms with Crippen LogP contribution in [0.15, 0.2) is 42.5 Å². The van der Waals surface area contributed by atoms with Crippen molar-refractivity contribution in [3.05, 3.63) is 48.0 Å². The van der Waals surface area contributed by atoms with E-state index >= 15 is 0 Å². The first kappa shape index (κ1) is 13.8. The summed E-state index contributed by atoms with van der Waals surface area (Å²) in [5, 5.41) is 2.53. The Morgan fingerprint density at radius 2 is 1.95 bits per heavy atom. The fraction of sp³-hybridized carbons (Fsp3) is 0.450. The smallest absolute Gasteiger partial charge is 0.309 e. The lowest BCUT2D eigenvalue weighted by Crippen LogP contribution is -2.53. The van der Waals surface area contributed by atoms with Crippen molar-refractivity contribution < 1.29 is 9.53 Å². The summed E-state index contributed by atoms with van der Waals surface area (Å²) in [5.41, 5.74) is 1.70. The van der Waals surface area contributed by atoms with Gasteiger partial charge in [0.1, 0.15) is 0 Å². The zero-order valence-corrected chi connectivity index (χ0v) is 13.0. The summed E-state index contributed by atoms with van der Waals surface area (Å²) in [4.78, 5) is 12.3. The van der Waals surface area contributed by atoms with Crippen LogP contribution in [0.1, 0.15) is 44.1 Å². The van der Waals surface area contributed by atoms with E-state index in [0.29, 0.717) is 17.9 Å². The van der Waals surface area contributed by atoms with E-state index in [0.717, 1.165) is 6.42 Å². The first-order valence-electron chi connectivity index (χ1n) is 8.39. The van der Waals surface area contributed by atoms with E-state index in [2.05, 4.69) is 42.5 Å². The van der Waals surface area contributed by atoms with Crippen LogP contribution in [0.4, 0.5) is 0 Å². The molecule has 0 heterocycles. The highest BCUT2D eigenvalue weighted by Crippen LogP contribution is 2.67. The maximum atomic E-state index is 12.3. The highest BCUT2D eigenvalue weighted by atomic mass is 16.5. The van der Waals surface area contributed by atoms with Crippen molar-refractivity contribution in [3.8, 4) is 0 Å². The third-order valence-corrected chi connectivity index (χ3v) is 5.76. The minimum atomic E-state index is -0.00168. The zero-order chi connectivity index (χ0) is 15.2. The standard InChI is InChI=1S/C20H22O2/c1-2-22-19(21)17-13-20(10-5-11-20)18(17)16-9-8-14-6-3-4-7-15(14)12-16/h3-4,6-9,12,17-18H,2,5,10-11,13H2,1H3. The van der Waals surface area contributed by atoms with Crippen LogP contribution in [0.2, 0.25) is 0 Å².